The van der Waals surface area contributed by atoms with E-state index in [9.17, 15) is 0 Å². The highest BCUT2D eigenvalue weighted by molar-refractivity contribution is 7.12. The van der Waals surface area contributed by atoms with Gasteiger partial charge in [-0.25, -0.2) is 4.98 Å². The van der Waals surface area contributed by atoms with Crippen molar-refractivity contribution in [3.05, 3.63) is 15.6 Å². The van der Waals surface area contributed by atoms with E-state index in [1.165, 1.54) is 34.8 Å². The number of rotatable bonds is 3. The molecule has 0 bridgehead atoms. The van der Waals surface area contributed by atoms with Gasteiger partial charge in [0.1, 0.15) is 0 Å². The fourth-order valence-corrected chi connectivity index (χ4v) is 3.83. The fourth-order valence-electron chi connectivity index (χ4n) is 2.43. The number of aryl methyl sites for hydroxylation is 1. The molecule has 0 unspecified atom stereocenters. The van der Waals surface area contributed by atoms with Crippen molar-refractivity contribution < 1.29 is 4.74 Å². The van der Waals surface area contributed by atoms with Gasteiger partial charge in [-0.2, -0.15) is 0 Å². The normalized spacial score (nSPS) is 23.9. The van der Waals surface area contributed by atoms with Gasteiger partial charge in [-0.1, -0.05) is 6.42 Å². The molecule has 16 heavy (non-hydrogen) atoms. The SMILES string of the molecule is Cc1nc(C2CCC2)sc1C1(CN)COC1. The van der Waals surface area contributed by atoms with Crippen LogP contribution >= 0.6 is 11.3 Å². The molecule has 1 saturated heterocycles. The van der Waals surface area contributed by atoms with E-state index in [2.05, 4.69) is 6.92 Å². The van der Waals surface area contributed by atoms with Crippen molar-refractivity contribution in [3.8, 4) is 0 Å². The van der Waals surface area contributed by atoms with Gasteiger partial charge in [0, 0.05) is 17.3 Å². The fraction of sp³-hybridized carbons (Fsp3) is 0.750. The van der Waals surface area contributed by atoms with Gasteiger partial charge in [-0.15, -0.1) is 11.3 Å². The molecule has 0 spiro atoms. The molecule has 2 aliphatic rings. The second-order valence-electron chi connectivity index (χ2n) is 5.07. The van der Waals surface area contributed by atoms with Crippen molar-refractivity contribution in [2.24, 2.45) is 5.73 Å². The molecule has 1 aromatic rings. The Morgan fingerprint density at radius 2 is 2.25 bits per heavy atom. The van der Waals surface area contributed by atoms with Gasteiger partial charge in [0.15, 0.2) is 0 Å². The van der Waals surface area contributed by atoms with Crippen molar-refractivity contribution in [1.29, 1.82) is 0 Å². The minimum atomic E-state index is 0.0871. The Bertz CT molecular complexity index is 388. The predicted molar refractivity (Wildman–Crippen MR) is 65.0 cm³/mol. The third-order valence-corrected chi connectivity index (χ3v) is 5.46. The Balaban J connectivity index is 1.91. The van der Waals surface area contributed by atoms with Crippen LogP contribution in [0.15, 0.2) is 0 Å². The Kier molecular flexibility index (Phi) is 2.53. The van der Waals surface area contributed by atoms with Crippen LogP contribution in [-0.2, 0) is 10.2 Å². The Morgan fingerprint density at radius 3 is 2.69 bits per heavy atom. The number of aromatic nitrogens is 1. The van der Waals surface area contributed by atoms with Gasteiger partial charge in [0.25, 0.3) is 0 Å². The third-order valence-electron chi connectivity index (χ3n) is 3.90. The predicted octanol–water partition coefficient (Wildman–Crippen LogP) is 1.95. The first-order valence-corrected chi connectivity index (χ1v) is 6.82. The van der Waals surface area contributed by atoms with Gasteiger partial charge in [-0.3, -0.25) is 0 Å². The lowest BCUT2D eigenvalue weighted by atomic mass is 9.83. The summed E-state index contributed by atoms with van der Waals surface area (Å²) >= 11 is 1.88. The van der Waals surface area contributed by atoms with Gasteiger partial charge in [0.2, 0.25) is 0 Å². The van der Waals surface area contributed by atoms with E-state index < -0.39 is 0 Å². The van der Waals surface area contributed by atoms with Crippen LogP contribution in [0.1, 0.15) is 40.8 Å². The second-order valence-corrected chi connectivity index (χ2v) is 6.10. The highest BCUT2D eigenvalue weighted by Gasteiger charge is 2.42. The molecule has 3 rings (SSSR count). The molecule has 1 aromatic heterocycles. The quantitative estimate of drug-likeness (QED) is 0.875. The summed E-state index contributed by atoms with van der Waals surface area (Å²) in [7, 11) is 0. The highest BCUT2D eigenvalue weighted by atomic mass is 32.1. The summed E-state index contributed by atoms with van der Waals surface area (Å²) in [5.41, 5.74) is 7.17. The minimum absolute atomic E-state index is 0.0871. The standard InChI is InChI=1S/C12H18N2OS/c1-8-10(12(5-13)6-15-7-12)16-11(14-8)9-3-2-4-9/h9H,2-7,13H2,1H3. The van der Waals surface area contributed by atoms with E-state index in [1.54, 1.807) is 0 Å². The molecule has 2 fully saturated rings. The van der Waals surface area contributed by atoms with Crippen LogP contribution in [-0.4, -0.2) is 24.7 Å². The zero-order valence-corrected chi connectivity index (χ0v) is 10.5. The first-order valence-electron chi connectivity index (χ1n) is 6.01. The lowest BCUT2D eigenvalue weighted by Gasteiger charge is -2.40. The molecule has 4 heteroatoms. The maximum absolute atomic E-state index is 5.90. The minimum Gasteiger partial charge on any atom is -0.379 e. The van der Waals surface area contributed by atoms with Gasteiger partial charge in [-0.05, 0) is 19.8 Å². The van der Waals surface area contributed by atoms with Gasteiger partial charge in [0.05, 0.1) is 29.3 Å². The zero-order chi connectivity index (χ0) is 11.2. The number of hydrogen-bond donors (Lipinski definition) is 1. The van der Waals surface area contributed by atoms with Crippen LogP contribution in [0.25, 0.3) is 0 Å². The number of ether oxygens (including phenoxy) is 1. The van der Waals surface area contributed by atoms with Crippen molar-refractivity contribution in [2.45, 2.75) is 37.5 Å². The van der Waals surface area contributed by atoms with E-state index in [0.29, 0.717) is 6.54 Å². The molecule has 3 nitrogen and oxygen atoms in total. The number of nitrogens with two attached hydrogens (primary N) is 1. The molecule has 0 amide bonds. The molecule has 2 heterocycles. The summed E-state index contributed by atoms with van der Waals surface area (Å²) < 4.78 is 5.35. The van der Waals surface area contributed by atoms with E-state index in [0.717, 1.165) is 19.1 Å². The zero-order valence-electron chi connectivity index (χ0n) is 9.66. The van der Waals surface area contributed by atoms with Crippen LogP contribution < -0.4 is 5.73 Å². The summed E-state index contributed by atoms with van der Waals surface area (Å²) in [6, 6.07) is 0. The molecule has 1 saturated carbocycles. The Morgan fingerprint density at radius 1 is 1.50 bits per heavy atom. The van der Waals surface area contributed by atoms with Crippen molar-refractivity contribution >= 4 is 11.3 Å². The summed E-state index contributed by atoms with van der Waals surface area (Å²) in [5, 5.41) is 1.33. The average molecular weight is 238 g/mol. The van der Waals surface area contributed by atoms with Crippen molar-refractivity contribution in [2.75, 3.05) is 19.8 Å². The Hall–Kier alpha value is -0.450. The van der Waals surface area contributed by atoms with E-state index in [1.807, 2.05) is 11.3 Å². The van der Waals surface area contributed by atoms with Crippen LogP contribution in [0.4, 0.5) is 0 Å². The van der Waals surface area contributed by atoms with Crippen molar-refractivity contribution in [1.82, 2.24) is 4.98 Å². The number of thiazole rings is 1. The molecular formula is C12H18N2OS. The third kappa shape index (κ3) is 1.44. The van der Waals surface area contributed by atoms with E-state index in [4.69, 9.17) is 15.5 Å². The van der Waals surface area contributed by atoms with Gasteiger partial charge >= 0.3 is 0 Å². The van der Waals surface area contributed by atoms with Crippen LogP contribution in [0, 0.1) is 6.92 Å². The molecule has 0 atom stereocenters. The summed E-state index contributed by atoms with van der Waals surface area (Å²) in [4.78, 5) is 6.11. The van der Waals surface area contributed by atoms with Crippen molar-refractivity contribution in [3.63, 3.8) is 0 Å². The van der Waals surface area contributed by atoms with Gasteiger partial charge < -0.3 is 10.5 Å². The summed E-state index contributed by atoms with van der Waals surface area (Å²) in [5.74, 6) is 0.730. The molecule has 1 aliphatic carbocycles. The molecule has 88 valence electrons. The maximum atomic E-state index is 5.90. The molecule has 0 radical (unpaired) electrons. The van der Waals surface area contributed by atoms with Crippen LogP contribution in [0.2, 0.25) is 0 Å². The first-order chi connectivity index (χ1) is 7.75. The largest absolute Gasteiger partial charge is 0.379 e. The number of nitrogens with zero attached hydrogens (tertiary/aromatic N) is 1. The number of hydrogen-bond acceptors (Lipinski definition) is 4. The lowest BCUT2D eigenvalue weighted by Crippen LogP contribution is -2.52. The Labute approximate surface area is 100 Å². The summed E-state index contributed by atoms with van der Waals surface area (Å²) in [6.45, 7) is 4.34. The smallest absolute Gasteiger partial charge is 0.0962 e. The van der Waals surface area contributed by atoms with Crippen LogP contribution in [0.5, 0.6) is 0 Å². The topological polar surface area (TPSA) is 48.1 Å². The average Bonchev–Trinajstić information content (AvgIpc) is 2.45. The van der Waals surface area contributed by atoms with E-state index in [-0.39, 0.29) is 5.41 Å². The summed E-state index contributed by atoms with van der Waals surface area (Å²) in [6.07, 6.45) is 4.00. The second kappa shape index (κ2) is 3.79. The molecular weight excluding hydrogens is 220 g/mol. The lowest BCUT2D eigenvalue weighted by molar-refractivity contribution is -0.0535. The van der Waals surface area contributed by atoms with Crippen LogP contribution in [0.3, 0.4) is 0 Å². The van der Waals surface area contributed by atoms with E-state index >= 15 is 0 Å². The maximum Gasteiger partial charge on any atom is 0.0962 e. The molecule has 1 aliphatic heterocycles. The monoisotopic (exact) mass is 238 g/mol. The molecule has 2 N–H and O–H groups in total. The highest BCUT2D eigenvalue weighted by Crippen LogP contribution is 2.43. The first kappa shape index (κ1) is 10.7. The molecule has 0 aromatic carbocycles.